The smallest absolute Gasteiger partial charge is 0.125 e. The van der Waals surface area contributed by atoms with E-state index in [1.165, 1.54) is 12.7 Å². The van der Waals surface area contributed by atoms with Crippen LogP contribution in [0.1, 0.15) is 53.5 Å². The Kier molecular flexibility index (Phi) is 16.0. The van der Waals surface area contributed by atoms with E-state index in [2.05, 4.69) is 6.58 Å². The van der Waals surface area contributed by atoms with E-state index in [-0.39, 0.29) is 5.83 Å². The fourth-order valence-electron chi connectivity index (χ4n) is 1.85. The third-order valence-corrected chi connectivity index (χ3v) is 3.11. The summed E-state index contributed by atoms with van der Waals surface area (Å²) >= 11 is 5.92. The minimum Gasteiger partial charge on any atom is -0.496 e. The van der Waals surface area contributed by atoms with Gasteiger partial charge in [-0.2, -0.15) is 0 Å². The zero-order chi connectivity index (χ0) is 19.8. The average Bonchev–Trinajstić information content (AvgIpc) is 2.61. The summed E-state index contributed by atoms with van der Waals surface area (Å²) in [5.41, 5.74) is 2.50. The van der Waals surface area contributed by atoms with Gasteiger partial charge in [0.25, 0.3) is 0 Å². The lowest BCUT2D eigenvalue weighted by Crippen LogP contribution is -1.95. The molecule has 0 saturated carbocycles. The average molecular weight is 367 g/mol. The summed E-state index contributed by atoms with van der Waals surface area (Å²) in [5.74, 6) is 0.314. The van der Waals surface area contributed by atoms with E-state index in [1.807, 2.05) is 46.8 Å². The van der Waals surface area contributed by atoms with Crippen molar-refractivity contribution < 1.29 is 9.13 Å². The quantitative estimate of drug-likeness (QED) is 0.377. The zero-order valence-corrected chi connectivity index (χ0v) is 17.4. The minimum atomic E-state index is -0.206. The van der Waals surface area contributed by atoms with Crippen LogP contribution in [0.3, 0.4) is 0 Å². The Hall–Kier alpha value is -1.80. The predicted octanol–water partition coefficient (Wildman–Crippen LogP) is 8.15. The number of hydrogen-bond acceptors (Lipinski definition) is 1. The molecule has 0 N–H and O–H groups in total. The molecule has 0 aliphatic heterocycles. The summed E-state index contributed by atoms with van der Waals surface area (Å²) < 4.78 is 19.2. The van der Waals surface area contributed by atoms with E-state index in [0.29, 0.717) is 22.8 Å². The van der Waals surface area contributed by atoms with Crippen molar-refractivity contribution in [2.75, 3.05) is 7.11 Å². The number of allylic oxidation sites excluding steroid dienone is 6. The molecular formula is C22H32ClFO. The molecule has 1 nitrogen and oxygen atoms in total. The molecule has 3 heteroatoms. The number of benzene rings is 1. The molecule has 1 rings (SSSR count). The number of halogens is 2. The molecule has 0 aliphatic rings. The van der Waals surface area contributed by atoms with Crippen LogP contribution in [0.25, 0.3) is 5.57 Å². The van der Waals surface area contributed by atoms with Crippen molar-refractivity contribution in [1.29, 1.82) is 0 Å². The molecule has 0 heterocycles. The first-order valence-electron chi connectivity index (χ1n) is 8.52. The summed E-state index contributed by atoms with van der Waals surface area (Å²) in [6.07, 6.45) is 5.82. The lowest BCUT2D eigenvalue weighted by molar-refractivity contribution is 0.308. The fraction of sp³-hybridized carbons (Fsp3) is 0.364. The summed E-state index contributed by atoms with van der Waals surface area (Å²) in [6.45, 7) is 15.2. The molecule has 0 bridgehead atoms. The lowest BCUT2D eigenvalue weighted by atomic mass is 10.0. The van der Waals surface area contributed by atoms with Crippen LogP contribution < -0.4 is 0 Å². The molecule has 0 saturated heterocycles. The van der Waals surface area contributed by atoms with Crippen LogP contribution in [-0.4, -0.2) is 7.11 Å². The van der Waals surface area contributed by atoms with E-state index < -0.39 is 0 Å². The maximum Gasteiger partial charge on any atom is 0.125 e. The number of methoxy groups -OCH3 is 1. The molecule has 0 fully saturated rings. The molecule has 0 spiro atoms. The molecular weight excluding hydrogens is 335 g/mol. The largest absolute Gasteiger partial charge is 0.496 e. The van der Waals surface area contributed by atoms with Crippen LogP contribution in [0.4, 0.5) is 4.39 Å². The molecule has 0 unspecified atom stereocenters. The van der Waals surface area contributed by atoms with E-state index in [0.717, 1.165) is 5.56 Å². The van der Waals surface area contributed by atoms with Gasteiger partial charge in [0.1, 0.15) is 11.6 Å². The zero-order valence-electron chi connectivity index (χ0n) is 16.6. The van der Waals surface area contributed by atoms with Gasteiger partial charge in [-0.25, -0.2) is 4.39 Å². The fourth-order valence-corrected chi connectivity index (χ4v) is 2.04. The van der Waals surface area contributed by atoms with Crippen molar-refractivity contribution in [1.82, 2.24) is 0 Å². The van der Waals surface area contributed by atoms with Crippen molar-refractivity contribution >= 4 is 17.2 Å². The van der Waals surface area contributed by atoms with E-state index in [1.54, 1.807) is 37.3 Å². The second kappa shape index (κ2) is 15.7. The number of ether oxygens (including phenoxy) is 1. The molecule has 0 radical (unpaired) electrons. The van der Waals surface area contributed by atoms with Gasteiger partial charge in [0.2, 0.25) is 0 Å². The highest BCUT2D eigenvalue weighted by Gasteiger charge is 2.13. The van der Waals surface area contributed by atoms with Crippen LogP contribution >= 0.6 is 11.6 Å². The maximum absolute atomic E-state index is 14.0. The third kappa shape index (κ3) is 10.6. The molecule has 0 aliphatic carbocycles. The van der Waals surface area contributed by atoms with Gasteiger partial charge in [0, 0.05) is 5.02 Å². The third-order valence-electron chi connectivity index (χ3n) is 2.87. The predicted molar refractivity (Wildman–Crippen MR) is 112 cm³/mol. The van der Waals surface area contributed by atoms with Crippen LogP contribution in [0.5, 0.6) is 0 Å². The first-order valence-corrected chi connectivity index (χ1v) is 8.90. The second-order valence-corrected chi connectivity index (χ2v) is 5.42. The molecule has 0 aromatic heterocycles. The van der Waals surface area contributed by atoms with Crippen molar-refractivity contribution in [3.8, 4) is 0 Å². The molecule has 140 valence electrons. The molecule has 0 amide bonds. The first kappa shape index (κ1) is 25.4. The van der Waals surface area contributed by atoms with Gasteiger partial charge >= 0.3 is 0 Å². The normalized spacial score (nSPS) is 11.0. The Labute approximate surface area is 158 Å². The van der Waals surface area contributed by atoms with E-state index in [9.17, 15) is 4.39 Å². The van der Waals surface area contributed by atoms with Crippen LogP contribution in [-0.2, 0) is 4.74 Å². The maximum atomic E-state index is 14.0. The van der Waals surface area contributed by atoms with Gasteiger partial charge in [-0.15, -0.1) is 0 Å². The van der Waals surface area contributed by atoms with Crippen LogP contribution in [0.15, 0.2) is 66.2 Å². The Morgan fingerprint density at radius 1 is 1.28 bits per heavy atom. The highest BCUT2D eigenvalue weighted by atomic mass is 35.5. The first-order chi connectivity index (χ1) is 11.9. The van der Waals surface area contributed by atoms with Crippen molar-refractivity contribution in [2.45, 2.75) is 48.0 Å². The van der Waals surface area contributed by atoms with E-state index >= 15 is 0 Å². The Morgan fingerprint density at radius 3 is 2.20 bits per heavy atom. The summed E-state index contributed by atoms with van der Waals surface area (Å²) in [4.78, 5) is 0. The molecule has 25 heavy (non-hydrogen) atoms. The summed E-state index contributed by atoms with van der Waals surface area (Å²) in [7, 11) is 1.53. The lowest BCUT2D eigenvalue weighted by Gasteiger charge is -2.12. The monoisotopic (exact) mass is 366 g/mol. The summed E-state index contributed by atoms with van der Waals surface area (Å²) in [6, 6.07) is 7.10. The van der Waals surface area contributed by atoms with Gasteiger partial charge in [0.05, 0.1) is 12.7 Å². The minimum absolute atomic E-state index is 0.206. The summed E-state index contributed by atoms with van der Waals surface area (Å²) in [5, 5.41) is 0.579. The van der Waals surface area contributed by atoms with Gasteiger partial charge in [-0.3, -0.25) is 0 Å². The Morgan fingerprint density at radius 2 is 1.88 bits per heavy atom. The standard InChI is InChI=1S/C14H16ClFO.C6H10.C2H6/c1-4-12(16)14(13(5-2)17-3)10-7-6-8-11(15)9-10;1-4-5-6(2)3;1-2/h5-9H,4H2,1-3H3;4-5H,1H2,2-3H3;1-2H3/b13-5+,14-12+;;. The second-order valence-electron chi connectivity index (χ2n) is 4.98. The number of rotatable bonds is 5. The van der Waals surface area contributed by atoms with Crippen LogP contribution in [0, 0.1) is 0 Å². The van der Waals surface area contributed by atoms with Crippen LogP contribution in [0.2, 0.25) is 5.02 Å². The van der Waals surface area contributed by atoms with E-state index in [4.69, 9.17) is 16.3 Å². The topological polar surface area (TPSA) is 9.23 Å². The molecule has 1 aromatic rings. The molecule has 1 aromatic carbocycles. The van der Waals surface area contributed by atoms with Crippen molar-refractivity contribution in [3.05, 3.63) is 76.8 Å². The SMILES string of the molecule is C/C=C(OC)\C(=C(\F)CC)c1cccc(Cl)c1.C=CC=C(C)C.CC. The highest BCUT2D eigenvalue weighted by Crippen LogP contribution is 2.30. The van der Waals surface area contributed by atoms with Gasteiger partial charge < -0.3 is 4.74 Å². The molecule has 0 atom stereocenters. The van der Waals surface area contributed by atoms with Gasteiger partial charge in [-0.1, -0.05) is 68.8 Å². The highest BCUT2D eigenvalue weighted by molar-refractivity contribution is 6.30. The van der Waals surface area contributed by atoms with Gasteiger partial charge in [0.15, 0.2) is 0 Å². The Bertz CT molecular complexity index is 594. The number of hydrogen-bond donors (Lipinski definition) is 0. The Balaban J connectivity index is 0. The van der Waals surface area contributed by atoms with Gasteiger partial charge in [-0.05, 0) is 51.0 Å². The van der Waals surface area contributed by atoms with Crippen molar-refractivity contribution in [2.24, 2.45) is 0 Å². The van der Waals surface area contributed by atoms with Crippen molar-refractivity contribution in [3.63, 3.8) is 0 Å².